The van der Waals surface area contributed by atoms with E-state index in [0.29, 0.717) is 19.4 Å². The molecule has 0 aromatic rings. The van der Waals surface area contributed by atoms with Crippen LogP contribution in [0.25, 0.3) is 0 Å². The van der Waals surface area contributed by atoms with E-state index in [1.807, 2.05) is 13.8 Å². The summed E-state index contributed by atoms with van der Waals surface area (Å²) in [5.41, 5.74) is 4.15. The van der Waals surface area contributed by atoms with E-state index in [-0.39, 0.29) is 18.4 Å². The number of hydrogen-bond donors (Lipinski definition) is 1. The minimum absolute atomic E-state index is 0. The van der Waals surface area contributed by atoms with E-state index in [9.17, 15) is 4.57 Å². The lowest BCUT2D eigenvalue weighted by atomic mass is 9.85. The third kappa shape index (κ3) is 7.67. The van der Waals surface area contributed by atoms with Crippen molar-refractivity contribution in [1.82, 2.24) is 0 Å². The summed E-state index contributed by atoms with van der Waals surface area (Å²) in [4.78, 5) is 0. The Kier molecular flexibility index (Phi) is 10.4. The van der Waals surface area contributed by atoms with Gasteiger partial charge in [0.15, 0.2) is 0 Å². The zero-order chi connectivity index (χ0) is 13.4. The molecule has 0 aliphatic heterocycles. The zero-order valence-corrected chi connectivity index (χ0v) is 13.9. The van der Waals surface area contributed by atoms with Gasteiger partial charge in [-0.2, -0.15) is 0 Å². The highest BCUT2D eigenvalue weighted by atomic mass is 35.5. The molecule has 116 valence electrons. The fourth-order valence-electron chi connectivity index (χ4n) is 2.82. The standard InChI is InChI=1S/C13H28NO3P.ClH/c1-3-16-18(15,17-4-2)11-13(14)10-12-8-6-5-7-9-12;/h12-13H,3-11,14H2,1-2H3;1H. The van der Waals surface area contributed by atoms with Gasteiger partial charge in [0.1, 0.15) is 6.16 Å². The fourth-order valence-corrected chi connectivity index (χ4v) is 4.67. The van der Waals surface area contributed by atoms with Crippen LogP contribution in [0, 0.1) is 5.92 Å². The maximum Gasteiger partial charge on any atom is 0.336 e. The van der Waals surface area contributed by atoms with Gasteiger partial charge in [-0.3, -0.25) is 4.57 Å². The molecular weight excluding hydrogens is 285 g/mol. The molecule has 3 N–H and O–H groups in total. The molecule has 1 saturated carbocycles. The van der Waals surface area contributed by atoms with E-state index in [1.165, 1.54) is 32.1 Å². The third-order valence-corrected chi connectivity index (χ3v) is 5.79. The van der Waals surface area contributed by atoms with Crippen LogP contribution in [0.4, 0.5) is 0 Å². The van der Waals surface area contributed by atoms with Crippen molar-refractivity contribution in [2.45, 2.75) is 58.4 Å². The van der Waals surface area contributed by atoms with Gasteiger partial charge in [-0.1, -0.05) is 32.1 Å². The van der Waals surface area contributed by atoms with E-state index < -0.39 is 7.60 Å². The molecule has 1 rings (SSSR count). The van der Waals surface area contributed by atoms with Crippen molar-refractivity contribution in [3.05, 3.63) is 0 Å². The van der Waals surface area contributed by atoms with Gasteiger partial charge in [0, 0.05) is 6.42 Å². The molecule has 1 unspecified atom stereocenters. The minimum Gasteiger partial charge on any atom is -1.00 e. The van der Waals surface area contributed by atoms with Crippen molar-refractivity contribution >= 4 is 7.60 Å². The van der Waals surface area contributed by atoms with Gasteiger partial charge in [-0.15, -0.1) is 0 Å². The normalized spacial score (nSPS) is 18.9. The maximum atomic E-state index is 12.4. The molecule has 1 atom stereocenters. The quantitative estimate of drug-likeness (QED) is 0.633. The van der Waals surface area contributed by atoms with E-state index >= 15 is 0 Å². The molecule has 4 nitrogen and oxygen atoms in total. The van der Waals surface area contributed by atoms with Crippen LogP contribution in [-0.4, -0.2) is 25.4 Å². The van der Waals surface area contributed by atoms with E-state index in [2.05, 4.69) is 5.73 Å². The van der Waals surface area contributed by atoms with E-state index in [4.69, 9.17) is 9.05 Å². The lowest BCUT2D eigenvalue weighted by Crippen LogP contribution is -3.00. The summed E-state index contributed by atoms with van der Waals surface area (Å²) >= 11 is 0. The van der Waals surface area contributed by atoms with Crippen LogP contribution < -0.4 is 18.1 Å². The van der Waals surface area contributed by atoms with Crippen LogP contribution >= 0.6 is 7.60 Å². The highest BCUT2D eigenvalue weighted by molar-refractivity contribution is 7.53. The largest absolute Gasteiger partial charge is 1.00 e. The zero-order valence-electron chi connectivity index (χ0n) is 12.3. The predicted molar refractivity (Wildman–Crippen MR) is 73.6 cm³/mol. The van der Waals surface area contributed by atoms with Crippen molar-refractivity contribution in [1.29, 1.82) is 0 Å². The highest BCUT2D eigenvalue weighted by Gasteiger charge is 2.30. The fraction of sp³-hybridized carbons (Fsp3) is 1.00. The Labute approximate surface area is 123 Å². The second-order valence-electron chi connectivity index (χ2n) is 5.23. The second kappa shape index (κ2) is 10.2. The summed E-state index contributed by atoms with van der Waals surface area (Å²) in [5.74, 6) is 0.762. The predicted octanol–water partition coefficient (Wildman–Crippen LogP) is -0.163. The van der Waals surface area contributed by atoms with Crippen molar-refractivity contribution in [2.24, 2.45) is 5.92 Å². The Morgan fingerprint density at radius 2 is 1.68 bits per heavy atom. The van der Waals surface area contributed by atoms with Gasteiger partial charge in [0.25, 0.3) is 0 Å². The molecule has 0 amide bonds. The molecular formula is C13H29ClNO3P. The summed E-state index contributed by atoms with van der Waals surface area (Å²) in [6.45, 7) is 4.58. The molecule has 1 aliphatic rings. The monoisotopic (exact) mass is 313 g/mol. The average Bonchev–Trinajstić information content (AvgIpc) is 2.30. The average molecular weight is 314 g/mol. The van der Waals surface area contributed by atoms with Crippen molar-refractivity contribution in [2.75, 3.05) is 19.4 Å². The van der Waals surface area contributed by atoms with Crippen LogP contribution in [-0.2, 0) is 13.6 Å². The Hall–Kier alpha value is 0.400. The van der Waals surface area contributed by atoms with E-state index in [1.54, 1.807) is 0 Å². The lowest BCUT2D eigenvalue weighted by Gasteiger charge is -2.24. The van der Waals surface area contributed by atoms with Gasteiger partial charge in [0.2, 0.25) is 0 Å². The molecule has 0 bridgehead atoms. The van der Waals surface area contributed by atoms with Gasteiger partial charge in [-0.05, 0) is 19.8 Å². The molecule has 0 radical (unpaired) electrons. The Morgan fingerprint density at radius 3 is 2.16 bits per heavy atom. The van der Waals surface area contributed by atoms with Gasteiger partial charge in [0.05, 0.1) is 19.3 Å². The molecule has 1 fully saturated rings. The van der Waals surface area contributed by atoms with Crippen LogP contribution in [0.5, 0.6) is 0 Å². The summed E-state index contributed by atoms with van der Waals surface area (Å²) in [5, 5.41) is 0. The van der Waals surface area contributed by atoms with Crippen LogP contribution in [0.1, 0.15) is 52.4 Å². The second-order valence-corrected chi connectivity index (χ2v) is 7.34. The molecule has 0 spiro atoms. The van der Waals surface area contributed by atoms with Crippen molar-refractivity contribution in [3.8, 4) is 0 Å². The lowest BCUT2D eigenvalue weighted by molar-refractivity contribution is -0.416. The first-order valence-corrected chi connectivity index (χ1v) is 9.03. The molecule has 0 saturated heterocycles. The first-order valence-electron chi connectivity index (χ1n) is 7.31. The molecule has 19 heavy (non-hydrogen) atoms. The number of quaternary nitrogens is 1. The Morgan fingerprint density at radius 1 is 1.16 bits per heavy atom. The van der Waals surface area contributed by atoms with Crippen LogP contribution in [0.2, 0.25) is 0 Å². The topological polar surface area (TPSA) is 63.2 Å². The summed E-state index contributed by atoms with van der Waals surface area (Å²) in [7, 11) is -2.91. The number of hydrogen-bond acceptors (Lipinski definition) is 3. The Bertz CT molecular complexity index is 263. The first-order chi connectivity index (χ1) is 8.59. The highest BCUT2D eigenvalue weighted by Crippen LogP contribution is 2.48. The molecule has 0 aromatic carbocycles. The molecule has 6 heteroatoms. The van der Waals surface area contributed by atoms with Gasteiger partial charge < -0.3 is 27.2 Å². The van der Waals surface area contributed by atoms with Crippen LogP contribution in [0.3, 0.4) is 0 Å². The van der Waals surface area contributed by atoms with Gasteiger partial charge in [-0.25, -0.2) is 0 Å². The van der Waals surface area contributed by atoms with E-state index in [0.717, 1.165) is 12.3 Å². The minimum atomic E-state index is -2.91. The maximum absolute atomic E-state index is 12.4. The Balaban J connectivity index is 0.00000324. The molecule has 1 aliphatic carbocycles. The van der Waals surface area contributed by atoms with Crippen molar-refractivity contribution < 1.29 is 31.8 Å². The third-order valence-electron chi connectivity index (χ3n) is 3.52. The van der Waals surface area contributed by atoms with Crippen molar-refractivity contribution in [3.63, 3.8) is 0 Å². The summed E-state index contributed by atoms with van der Waals surface area (Å²) < 4.78 is 23.0. The smallest absolute Gasteiger partial charge is 0.336 e. The molecule has 0 aromatic heterocycles. The number of halogens is 1. The SMILES string of the molecule is CCOP(=O)(CC([NH3+])CC1CCCCC1)OCC.[Cl-]. The number of rotatable bonds is 8. The summed E-state index contributed by atoms with van der Waals surface area (Å²) in [6.07, 6.45) is 8.18. The van der Waals surface area contributed by atoms with Crippen LogP contribution in [0.15, 0.2) is 0 Å². The first kappa shape index (κ1) is 19.4. The van der Waals surface area contributed by atoms with Gasteiger partial charge >= 0.3 is 7.60 Å². The molecule has 0 heterocycles. The summed E-state index contributed by atoms with van der Waals surface area (Å²) in [6, 6.07) is 0.178.